The number of nitrogens with zero attached hydrogens (tertiary/aromatic N) is 3. The summed E-state index contributed by atoms with van der Waals surface area (Å²) in [6.07, 6.45) is 7.57. The highest BCUT2D eigenvalue weighted by Gasteiger charge is 2.25. The zero-order chi connectivity index (χ0) is 19.0. The Morgan fingerprint density at radius 3 is 2.42 bits per heavy atom. The predicted molar refractivity (Wildman–Crippen MR) is 95.6 cm³/mol. The number of amides is 1. The van der Waals surface area contributed by atoms with E-state index in [1.165, 1.54) is 9.21 Å². The average molecular weight is 381 g/mol. The maximum atomic E-state index is 12.5. The molecule has 1 N–H and O–H groups in total. The Labute approximate surface area is 153 Å². The van der Waals surface area contributed by atoms with Crippen molar-refractivity contribution in [2.75, 3.05) is 25.4 Å². The molecule has 0 unspecified atom stereocenters. The van der Waals surface area contributed by atoms with Crippen molar-refractivity contribution in [3.8, 4) is 0 Å². The van der Waals surface area contributed by atoms with E-state index in [0.717, 1.165) is 37.0 Å². The summed E-state index contributed by atoms with van der Waals surface area (Å²) in [5.41, 5.74) is 0.785. The molecule has 1 aromatic rings. The number of hydrogen-bond donors (Lipinski definition) is 1. The number of hydrogen-bond acceptors (Lipinski definition) is 5. The Morgan fingerprint density at radius 2 is 1.81 bits per heavy atom. The van der Waals surface area contributed by atoms with E-state index in [0.29, 0.717) is 13.1 Å². The van der Waals surface area contributed by atoms with Gasteiger partial charge >= 0.3 is 5.97 Å². The fourth-order valence-corrected chi connectivity index (χ4v) is 4.25. The lowest BCUT2D eigenvalue weighted by atomic mass is 10.2. The van der Waals surface area contributed by atoms with E-state index in [4.69, 9.17) is 5.11 Å². The summed E-state index contributed by atoms with van der Waals surface area (Å²) in [6, 6.07) is 3.45. The third kappa shape index (κ3) is 6.23. The van der Waals surface area contributed by atoms with Crippen LogP contribution in [0.15, 0.2) is 36.7 Å². The minimum absolute atomic E-state index is 0.00997. The molecule has 2 rings (SSSR count). The molecule has 142 valence electrons. The van der Waals surface area contributed by atoms with Gasteiger partial charge in [0.25, 0.3) is 0 Å². The Hall–Kier alpha value is -2.26. The first-order valence-corrected chi connectivity index (χ1v) is 10.1. The zero-order valence-electron chi connectivity index (χ0n) is 14.5. The Morgan fingerprint density at radius 1 is 1.15 bits per heavy atom. The fraction of sp³-hybridized carbons (Fsp3) is 0.471. The van der Waals surface area contributed by atoms with Crippen molar-refractivity contribution in [2.45, 2.75) is 25.8 Å². The molecule has 0 aliphatic carbocycles. The van der Waals surface area contributed by atoms with Crippen LogP contribution in [0, 0.1) is 0 Å². The Balaban J connectivity index is 2.07. The van der Waals surface area contributed by atoms with Crippen LogP contribution >= 0.6 is 0 Å². The van der Waals surface area contributed by atoms with Gasteiger partial charge in [-0.1, -0.05) is 6.42 Å². The monoisotopic (exact) mass is 381 g/mol. The molecule has 0 saturated carbocycles. The minimum Gasteiger partial charge on any atom is -0.478 e. The van der Waals surface area contributed by atoms with Gasteiger partial charge in [0.2, 0.25) is 15.9 Å². The van der Waals surface area contributed by atoms with Crippen molar-refractivity contribution in [3.05, 3.63) is 42.2 Å². The maximum Gasteiger partial charge on any atom is 0.328 e. The van der Waals surface area contributed by atoms with Gasteiger partial charge in [-0.3, -0.25) is 9.78 Å². The van der Waals surface area contributed by atoms with Crippen molar-refractivity contribution in [2.24, 2.45) is 0 Å². The van der Waals surface area contributed by atoms with Crippen LogP contribution in [-0.2, 0) is 26.2 Å². The molecule has 9 heteroatoms. The van der Waals surface area contributed by atoms with Gasteiger partial charge in [0.15, 0.2) is 0 Å². The molecule has 0 spiro atoms. The summed E-state index contributed by atoms with van der Waals surface area (Å²) in [4.78, 5) is 28.2. The van der Waals surface area contributed by atoms with Gasteiger partial charge in [0, 0.05) is 50.7 Å². The van der Waals surface area contributed by atoms with Crippen LogP contribution in [0.5, 0.6) is 0 Å². The molecule has 1 aliphatic rings. The molecule has 1 saturated heterocycles. The van der Waals surface area contributed by atoms with E-state index < -0.39 is 21.9 Å². The van der Waals surface area contributed by atoms with Crippen LogP contribution in [0.4, 0.5) is 0 Å². The number of aromatic nitrogens is 1. The number of carboxylic acid groups (broad SMARTS) is 1. The highest BCUT2D eigenvalue weighted by molar-refractivity contribution is 7.89. The van der Waals surface area contributed by atoms with Crippen molar-refractivity contribution >= 4 is 21.9 Å². The van der Waals surface area contributed by atoms with Gasteiger partial charge in [-0.2, -0.15) is 0 Å². The molecule has 1 amide bonds. The van der Waals surface area contributed by atoms with E-state index in [-0.39, 0.29) is 18.8 Å². The van der Waals surface area contributed by atoms with Crippen LogP contribution in [-0.4, -0.2) is 65.0 Å². The lowest BCUT2D eigenvalue weighted by Gasteiger charge is -2.27. The van der Waals surface area contributed by atoms with Crippen LogP contribution in [0.3, 0.4) is 0 Å². The van der Waals surface area contributed by atoms with E-state index in [9.17, 15) is 18.0 Å². The minimum atomic E-state index is -3.45. The smallest absolute Gasteiger partial charge is 0.328 e. The van der Waals surface area contributed by atoms with Crippen LogP contribution < -0.4 is 0 Å². The summed E-state index contributed by atoms with van der Waals surface area (Å²) in [6.45, 7) is 1.20. The number of aliphatic carboxylic acids is 1. The van der Waals surface area contributed by atoms with Gasteiger partial charge in [-0.25, -0.2) is 17.5 Å². The second-order valence-electron chi connectivity index (χ2n) is 6.06. The second-order valence-corrected chi connectivity index (χ2v) is 8.15. The highest BCUT2D eigenvalue weighted by Crippen LogP contribution is 2.14. The Bertz CT molecular complexity index is 743. The van der Waals surface area contributed by atoms with Crippen LogP contribution in [0.2, 0.25) is 0 Å². The first-order valence-electron chi connectivity index (χ1n) is 8.45. The summed E-state index contributed by atoms with van der Waals surface area (Å²) < 4.78 is 26.5. The van der Waals surface area contributed by atoms with Crippen molar-refractivity contribution in [1.29, 1.82) is 0 Å². The lowest BCUT2D eigenvalue weighted by Crippen LogP contribution is -2.41. The number of carbonyl (C=O) groups excluding carboxylic acids is 1. The van der Waals surface area contributed by atoms with Crippen LogP contribution in [0.25, 0.3) is 0 Å². The van der Waals surface area contributed by atoms with Gasteiger partial charge in [0.1, 0.15) is 0 Å². The predicted octanol–water partition coefficient (Wildman–Crippen LogP) is 0.867. The first-order chi connectivity index (χ1) is 12.4. The van der Waals surface area contributed by atoms with Crippen molar-refractivity contribution < 1.29 is 23.1 Å². The molecule has 26 heavy (non-hydrogen) atoms. The fourth-order valence-electron chi connectivity index (χ4n) is 2.72. The van der Waals surface area contributed by atoms with E-state index in [1.54, 1.807) is 24.5 Å². The molecule has 1 aromatic heterocycles. The third-order valence-electron chi connectivity index (χ3n) is 4.13. The van der Waals surface area contributed by atoms with Crippen molar-refractivity contribution in [1.82, 2.24) is 14.2 Å². The first kappa shape index (κ1) is 20.1. The quantitative estimate of drug-likeness (QED) is 0.670. The molecule has 2 heterocycles. The maximum absolute atomic E-state index is 12.5. The topological polar surface area (TPSA) is 108 Å². The molecule has 1 fully saturated rings. The number of carbonyl (C=O) groups is 2. The van der Waals surface area contributed by atoms with E-state index >= 15 is 0 Å². The standard InChI is InChI=1S/C17H23N3O5S/c21-16(4-5-17(22)23)19(14-15-6-8-18-9-7-15)12-13-26(24,25)20-10-2-1-3-11-20/h4-9H,1-3,10-14H2,(H,22,23). The third-order valence-corrected chi connectivity index (χ3v) is 5.98. The van der Waals surface area contributed by atoms with Crippen molar-refractivity contribution in [3.63, 3.8) is 0 Å². The number of rotatable bonds is 8. The summed E-state index contributed by atoms with van der Waals surface area (Å²) in [5.74, 6) is -1.97. The summed E-state index contributed by atoms with van der Waals surface area (Å²) >= 11 is 0. The molecule has 1 aliphatic heterocycles. The normalized spacial score (nSPS) is 15.8. The largest absolute Gasteiger partial charge is 0.478 e. The zero-order valence-corrected chi connectivity index (χ0v) is 15.3. The molecular weight excluding hydrogens is 358 g/mol. The number of pyridine rings is 1. The number of piperidine rings is 1. The van der Waals surface area contributed by atoms with Gasteiger partial charge in [-0.05, 0) is 30.5 Å². The van der Waals surface area contributed by atoms with Gasteiger partial charge < -0.3 is 10.0 Å². The average Bonchev–Trinajstić information content (AvgIpc) is 2.64. The molecule has 8 nitrogen and oxygen atoms in total. The Kier molecular flexibility index (Phi) is 7.28. The van der Waals surface area contributed by atoms with Gasteiger partial charge in [0.05, 0.1) is 5.75 Å². The molecule has 0 bridgehead atoms. The molecular formula is C17H23N3O5S. The number of carboxylic acids is 1. The summed E-state index contributed by atoms with van der Waals surface area (Å²) in [5, 5.41) is 8.69. The lowest BCUT2D eigenvalue weighted by molar-refractivity contribution is -0.132. The van der Waals surface area contributed by atoms with E-state index in [2.05, 4.69) is 4.98 Å². The molecule has 0 atom stereocenters. The van der Waals surface area contributed by atoms with Gasteiger partial charge in [-0.15, -0.1) is 0 Å². The molecule has 0 radical (unpaired) electrons. The molecule has 0 aromatic carbocycles. The second kappa shape index (κ2) is 9.44. The SMILES string of the molecule is O=C(O)C=CC(=O)N(CCS(=O)(=O)N1CCCCC1)Cc1ccncc1. The number of sulfonamides is 1. The van der Waals surface area contributed by atoms with Crippen LogP contribution in [0.1, 0.15) is 24.8 Å². The van der Waals surface area contributed by atoms with E-state index in [1.807, 2.05) is 0 Å². The highest BCUT2D eigenvalue weighted by atomic mass is 32.2. The summed E-state index contributed by atoms with van der Waals surface area (Å²) in [7, 11) is -3.45.